The van der Waals surface area contributed by atoms with Gasteiger partial charge in [0.1, 0.15) is 0 Å². The zero-order valence-corrected chi connectivity index (χ0v) is 16.1. The Kier molecular flexibility index (Phi) is 4.12. The van der Waals surface area contributed by atoms with Gasteiger partial charge in [0.15, 0.2) is 8.32 Å². The molecule has 0 N–H and O–H groups in total. The van der Waals surface area contributed by atoms with Gasteiger partial charge < -0.3 is 9.33 Å². The van der Waals surface area contributed by atoms with Crippen molar-refractivity contribution >= 4 is 14.2 Å². The average Bonchev–Trinajstić information content (AvgIpc) is 2.23. The van der Waals surface area contributed by atoms with Crippen LogP contribution in [0.1, 0.15) is 60.8 Å². The van der Waals surface area contributed by atoms with Crippen LogP contribution in [0.5, 0.6) is 0 Å². The summed E-state index contributed by atoms with van der Waals surface area (Å²) in [4.78, 5) is 14.8. The Morgan fingerprint density at radius 3 is 2.43 bits per heavy atom. The van der Waals surface area contributed by atoms with Gasteiger partial charge in [-0.1, -0.05) is 20.8 Å². The van der Waals surface area contributed by atoms with Crippen LogP contribution in [0, 0.1) is 5.92 Å². The van der Waals surface area contributed by atoms with Gasteiger partial charge in [0.25, 0.3) is 0 Å². The molecule has 0 saturated carbocycles. The van der Waals surface area contributed by atoms with Crippen LogP contribution in [-0.2, 0) is 9.22 Å². The van der Waals surface area contributed by atoms with Gasteiger partial charge in [-0.05, 0) is 58.2 Å². The van der Waals surface area contributed by atoms with Crippen molar-refractivity contribution in [3.63, 3.8) is 0 Å². The molecular weight excluding hydrogens is 278 g/mol. The van der Waals surface area contributed by atoms with Crippen LogP contribution in [0.2, 0.25) is 18.1 Å². The second-order valence-corrected chi connectivity index (χ2v) is 13.8. The van der Waals surface area contributed by atoms with Crippen molar-refractivity contribution in [2.24, 2.45) is 5.92 Å². The summed E-state index contributed by atoms with van der Waals surface area (Å²) >= 11 is 0. The minimum Gasteiger partial charge on any atom is -0.413 e. The molecule has 4 heteroatoms. The molecule has 122 valence electrons. The molecule has 0 spiro atoms. The largest absolute Gasteiger partial charge is 0.413 e. The Morgan fingerprint density at radius 1 is 1.33 bits per heavy atom. The number of rotatable bonds is 3. The third kappa shape index (κ3) is 2.81. The summed E-state index contributed by atoms with van der Waals surface area (Å²) in [5, 5.41) is 0.194. The fraction of sp³-hybridized carbons (Fsp3) is 0.941. The number of piperidine rings is 1. The van der Waals surface area contributed by atoms with Crippen LogP contribution in [0.25, 0.3) is 0 Å². The highest BCUT2D eigenvalue weighted by Gasteiger charge is 2.57. The van der Waals surface area contributed by atoms with Gasteiger partial charge in [-0.15, -0.1) is 0 Å². The first kappa shape index (κ1) is 17.0. The minimum atomic E-state index is -1.81. The number of hydrogen-bond acceptors (Lipinski definition) is 2. The van der Waals surface area contributed by atoms with Gasteiger partial charge >= 0.3 is 0 Å². The Labute approximate surface area is 131 Å². The molecule has 2 aliphatic heterocycles. The number of fused-ring (bicyclic) bond motifs is 1. The number of β-lactam (4-membered cyclic amide) rings is 1. The summed E-state index contributed by atoms with van der Waals surface area (Å²) < 4.78 is 6.49. The second-order valence-electron chi connectivity index (χ2n) is 9.09. The van der Waals surface area contributed by atoms with E-state index in [4.69, 9.17) is 4.43 Å². The lowest BCUT2D eigenvalue weighted by molar-refractivity contribution is -0.181. The molecule has 21 heavy (non-hydrogen) atoms. The first-order valence-electron chi connectivity index (χ1n) is 8.39. The maximum atomic E-state index is 12.6. The summed E-state index contributed by atoms with van der Waals surface area (Å²) in [5.41, 5.74) is 0.0349. The minimum absolute atomic E-state index is 0.0349. The van der Waals surface area contributed by atoms with Crippen LogP contribution in [0.4, 0.5) is 0 Å². The molecule has 0 radical (unpaired) electrons. The maximum Gasteiger partial charge on any atom is 0.231 e. The van der Waals surface area contributed by atoms with Crippen molar-refractivity contribution < 1.29 is 9.22 Å². The van der Waals surface area contributed by atoms with E-state index in [1.807, 2.05) is 0 Å². The van der Waals surface area contributed by atoms with Crippen molar-refractivity contribution in [3.8, 4) is 0 Å². The normalized spacial score (nSPS) is 30.7. The monoisotopic (exact) mass is 311 g/mol. The van der Waals surface area contributed by atoms with Crippen LogP contribution in [-0.4, -0.2) is 36.8 Å². The molecule has 0 aromatic carbocycles. The van der Waals surface area contributed by atoms with E-state index in [2.05, 4.69) is 59.5 Å². The highest BCUT2D eigenvalue weighted by molar-refractivity contribution is 6.74. The molecule has 2 heterocycles. The quantitative estimate of drug-likeness (QED) is 0.578. The van der Waals surface area contributed by atoms with E-state index < -0.39 is 8.32 Å². The molecule has 3 nitrogen and oxygen atoms in total. The van der Waals surface area contributed by atoms with Gasteiger partial charge in [0.2, 0.25) is 5.91 Å². The molecule has 0 aliphatic carbocycles. The smallest absolute Gasteiger partial charge is 0.231 e. The van der Waals surface area contributed by atoms with Crippen LogP contribution >= 0.6 is 0 Å². The van der Waals surface area contributed by atoms with Crippen molar-refractivity contribution in [3.05, 3.63) is 0 Å². The Bertz CT molecular complexity index is 425. The number of carbonyl (C=O) groups is 1. The molecule has 1 amide bonds. The zero-order chi connectivity index (χ0) is 16.2. The van der Waals surface area contributed by atoms with E-state index >= 15 is 0 Å². The van der Waals surface area contributed by atoms with Crippen molar-refractivity contribution in [2.45, 2.75) is 96.6 Å². The Morgan fingerprint density at radius 2 is 1.90 bits per heavy atom. The molecule has 0 aromatic rings. The zero-order valence-electron chi connectivity index (χ0n) is 15.1. The molecule has 0 bridgehead atoms. The van der Waals surface area contributed by atoms with E-state index in [0.717, 1.165) is 12.8 Å². The Hall–Kier alpha value is -0.353. The third-order valence-electron chi connectivity index (χ3n) is 6.00. The van der Waals surface area contributed by atoms with Gasteiger partial charge in [-0.3, -0.25) is 4.79 Å². The standard InChI is InChI=1S/C17H33NO2Si/c1-12(20-21(7,8)16(2,3)4)14-13-10-9-11-17(5,6)18(13)15(14)19/h12-14H,9-11H2,1-8H3. The highest BCUT2D eigenvalue weighted by atomic mass is 28.4. The molecule has 2 saturated heterocycles. The van der Waals surface area contributed by atoms with Crippen LogP contribution in [0.15, 0.2) is 0 Å². The van der Waals surface area contributed by atoms with E-state index in [9.17, 15) is 4.79 Å². The van der Waals surface area contributed by atoms with Gasteiger partial charge in [-0.2, -0.15) is 0 Å². The number of hydrogen-bond donors (Lipinski definition) is 0. The lowest BCUT2D eigenvalue weighted by atomic mass is 9.72. The molecule has 2 rings (SSSR count). The van der Waals surface area contributed by atoms with E-state index in [1.165, 1.54) is 6.42 Å². The fourth-order valence-electron chi connectivity index (χ4n) is 3.72. The van der Waals surface area contributed by atoms with Crippen molar-refractivity contribution in [1.82, 2.24) is 4.90 Å². The number of carbonyl (C=O) groups excluding carboxylic acids is 1. The highest BCUT2D eigenvalue weighted by Crippen LogP contribution is 2.46. The van der Waals surface area contributed by atoms with Gasteiger partial charge in [-0.25, -0.2) is 0 Å². The predicted octanol–water partition coefficient (Wildman–Crippen LogP) is 4.19. The summed E-state index contributed by atoms with van der Waals surface area (Å²) in [7, 11) is -1.81. The lowest BCUT2D eigenvalue weighted by Gasteiger charge is -2.60. The molecule has 2 fully saturated rings. The lowest BCUT2D eigenvalue weighted by Crippen LogP contribution is -2.72. The van der Waals surface area contributed by atoms with Crippen LogP contribution < -0.4 is 0 Å². The van der Waals surface area contributed by atoms with Crippen molar-refractivity contribution in [2.75, 3.05) is 0 Å². The molecule has 3 unspecified atom stereocenters. The van der Waals surface area contributed by atoms with E-state index in [-0.39, 0.29) is 22.6 Å². The average molecular weight is 312 g/mol. The molecule has 2 aliphatic rings. The summed E-state index contributed by atoms with van der Waals surface area (Å²) in [5.74, 6) is 0.398. The predicted molar refractivity (Wildman–Crippen MR) is 89.8 cm³/mol. The summed E-state index contributed by atoms with van der Waals surface area (Å²) in [6.45, 7) is 17.8. The SMILES string of the molecule is CC(O[Si](C)(C)C(C)(C)C)C1C(=O)N2C1CCCC2(C)C. The van der Waals surface area contributed by atoms with Crippen molar-refractivity contribution in [1.29, 1.82) is 0 Å². The maximum absolute atomic E-state index is 12.6. The Balaban J connectivity index is 2.09. The van der Waals surface area contributed by atoms with E-state index in [0.29, 0.717) is 11.9 Å². The molecule has 0 aromatic heterocycles. The molecular formula is C17H33NO2Si. The number of nitrogens with zero attached hydrogens (tertiary/aromatic N) is 1. The number of amides is 1. The second kappa shape index (κ2) is 5.09. The summed E-state index contributed by atoms with van der Waals surface area (Å²) in [6.07, 6.45) is 3.54. The van der Waals surface area contributed by atoms with Gasteiger partial charge in [0.05, 0.1) is 12.0 Å². The summed E-state index contributed by atoms with van der Waals surface area (Å²) in [6, 6.07) is 0.404. The first-order valence-corrected chi connectivity index (χ1v) is 11.3. The molecule has 3 atom stereocenters. The topological polar surface area (TPSA) is 29.5 Å². The third-order valence-corrected chi connectivity index (χ3v) is 10.6. The van der Waals surface area contributed by atoms with Crippen LogP contribution in [0.3, 0.4) is 0 Å². The fourth-order valence-corrected chi connectivity index (χ4v) is 5.15. The van der Waals surface area contributed by atoms with Gasteiger partial charge in [0, 0.05) is 11.6 Å². The van der Waals surface area contributed by atoms with E-state index in [1.54, 1.807) is 0 Å². The first-order chi connectivity index (χ1) is 9.38.